The van der Waals surface area contributed by atoms with Crippen LogP contribution in [0.5, 0.6) is 0 Å². The first-order valence-electron chi connectivity index (χ1n) is 6.98. The van der Waals surface area contributed by atoms with Crippen LogP contribution in [0.2, 0.25) is 0 Å². The van der Waals surface area contributed by atoms with Gasteiger partial charge in [0.25, 0.3) is 0 Å². The maximum atomic E-state index is 5.41. The molecule has 0 amide bonds. The van der Waals surface area contributed by atoms with Gasteiger partial charge < -0.3 is 10.1 Å². The molecule has 0 spiro atoms. The van der Waals surface area contributed by atoms with Gasteiger partial charge in [-0.1, -0.05) is 0 Å². The third kappa shape index (κ3) is 2.27. The van der Waals surface area contributed by atoms with Crippen molar-refractivity contribution in [3.8, 4) is 0 Å². The molecule has 0 bridgehead atoms. The summed E-state index contributed by atoms with van der Waals surface area (Å²) in [7, 11) is 0. The largest absolute Gasteiger partial charge is 0.381 e. The van der Waals surface area contributed by atoms with Gasteiger partial charge in [0, 0.05) is 31.8 Å². The third-order valence-electron chi connectivity index (χ3n) is 4.59. The van der Waals surface area contributed by atoms with Crippen molar-refractivity contribution in [3.05, 3.63) is 0 Å². The monoisotopic (exact) mass is 224 g/mol. The van der Waals surface area contributed by atoms with E-state index in [1.54, 1.807) is 0 Å². The van der Waals surface area contributed by atoms with Crippen molar-refractivity contribution < 1.29 is 4.74 Å². The highest BCUT2D eigenvalue weighted by molar-refractivity contribution is 4.95. The van der Waals surface area contributed by atoms with Crippen LogP contribution in [-0.4, -0.2) is 49.8 Å². The van der Waals surface area contributed by atoms with E-state index in [0.717, 1.165) is 31.2 Å². The molecule has 3 heteroatoms. The Morgan fingerprint density at radius 2 is 2.19 bits per heavy atom. The standard InChI is InChI=1S/C13H24N2O/c1-2-13-12(4-8-15(13)7-1)14-6-3-11-5-9-16-10-11/h11-14H,1-10H2. The first kappa shape index (κ1) is 11.0. The Balaban J connectivity index is 1.38. The van der Waals surface area contributed by atoms with Gasteiger partial charge in [0.15, 0.2) is 0 Å². The average Bonchev–Trinajstić information content (AvgIpc) is 2.95. The van der Waals surface area contributed by atoms with Crippen LogP contribution >= 0.6 is 0 Å². The maximum Gasteiger partial charge on any atom is 0.0495 e. The zero-order chi connectivity index (χ0) is 10.8. The van der Waals surface area contributed by atoms with Crippen molar-refractivity contribution in [2.45, 2.75) is 44.2 Å². The summed E-state index contributed by atoms with van der Waals surface area (Å²) in [5.74, 6) is 0.827. The summed E-state index contributed by atoms with van der Waals surface area (Å²) in [6.45, 7) is 5.86. The van der Waals surface area contributed by atoms with Gasteiger partial charge >= 0.3 is 0 Å². The van der Waals surface area contributed by atoms with E-state index in [2.05, 4.69) is 10.2 Å². The molecule has 3 nitrogen and oxygen atoms in total. The highest BCUT2D eigenvalue weighted by Gasteiger charge is 2.36. The minimum atomic E-state index is 0.782. The molecular weight excluding hydrogens is 200 g/mol. The van der Waals surface area contributed by atoms with E-state index < -0.39 is 0 Å². The molecule has 3 saturated heterocycles. The molecule has 92 valence electrons. The predicted molar refractivity (Wildman–Crippen MR) is 64.5 cm³/mol. The number of hydrogen-bond acceptors (Lipinski definition) is 3. The second kappa shape index (κ2) is 5.03. The van der Waals surface area contributed by atoms with E-state index in [-0.39, 0.29) is 0 Å². The van der Waals surface area contributed by atoms with E-state index in [1.807, 2.05) is 0 Å². The minimum Gasteiger partial charge on any atom is -0.381 e. The lowest BCUT2D eigenvalue weighted by Gasteiger charge is -2.21. The van der Waals surface area contributed by atoms with Gasteiger partial charge in [0.1, 0.15) is 0 Å². The van der Waals surface area contributed by atoms with E-state index in [9.17, 15) is 0 Å². The fourth-order valence-corrected chi connectivity index (χ4v) is 3.60. The molecule has 16 heavy (non-hydrogen) atoms. The van der Waals surface area contributed by atoms with E-state index in [4.69, 9.17) is 4.74 Å². The Morgan fingerprint density at radius 3 is 3.06 bits per heavy atom. The zero-order valence-corrected chi connectivity index (χ0v) is 10.2. The van der Waals surface area contributed by atoms with E-state index in [1.165, 1.54) is 51.7 Å². The second-order valence-corrected chi connectivity index (χ2v) is 5.61. The Kier molecular flexibility index (Phi) is 3.46. The molecule has 3 aliphatic heterocycles. The molecule has 0 aromatic carbocycles. The van der Waals surface area contributed by atoms with E-state index in [0.29, 0.717) is 0 Å². The molecule has 3 unspecified atom stereocenters. The average molecular weight is 224 g/mol. The minimum absolute atomic E-state index is 0.782. The number of nitrogens with one attached hydrogen (secondary N) is 1. The topological polar surface area (TPSA) is 24.5 Å². The molecule has 1 N–H and O–H groups in total. The third-order valence-corrected chi connectivity index (χ3v) is 4.59. The Morgan fingerprint density at radius 1 is 1.19 bits per heavy atom. The molecule has 3 atom stereocenters. The van der Waals surface area contributed by atoms with Crippen LogP contribution in [0, 0.1) is 5.92 Å². The van der Waals surface area contributed by atoms with Crippen molar-refractivity contribution in [1.29, 1.82) is 0 Å². The molecule has 0 aliphatic carbocycles. The van der Waals surface area contributed by atoms with E-state index >= 15 is 0 Å². The second-order valence-electron chi connectivity index (χ2n) is 5.61. The summed E-state index contributed by atoms with van der Waals surface area (Å²) in [5, 5.41) is 3.78. The summed E-state index contributed by atoms with van der Waals surface area (Å²) >= 11 is 0. The van der Waals surface area contributed by atoms with Crippen molar-refractivity contribution in [2.75, 3.05) is 32.8 Å². The molecule has 3 fully saturated rings. The predicted octanol–water partition coefficient (Wildman–Crippen LogP) is 1.24. The lowest BCUT2D eigenvalue weighted by Crippen LogP contribution is -2.39. The van der Waals surface area contributed by atoms with Gasteiger partial charge in [-0.3, -0.25) is 4.90 Å². The normalized spacial score (nSPS) is 39.4. The van der Waals surface area contributed by atoms with Gasteiger partial charge in [0.05, 0.1) is 0 Å². The number of rotatable bonds is 4. The SMILES string of the molecule is C1CC2C(NCCC3CCOC3)CCN2C1. The van der Waals surface area contributed by atoms with Gasteiger partial charge in [-0.25, -0.2) is 0 Å². The maximum absolute atomic E-state index is 5.41. The van der Waals surface area contributed by atoms with Crippen LogP contribution in [-0.2, 0) is 4.74 Å². The van der Waals surface area contributed by atoms with Crippen molar-refractivity contribution >= 4 is 0 Å². The summed E-state index contributed by atoms with van der Waals surface area (Å²) in [5.41, 5.74) is 0. The highest BCUT2D eigenvalue weighted by Crippen LogP contribution is 2.28. The smallest absolute Gasteiger partial charge is 0.0495 e. The fourth-order valence-electron chi connectivity index (χ4n) is 3.60. The summed E-state index contributed by atoms with van der Waals surface area (Å²) in [6.07, 6.45) is 6.79. The van der Waals surface area contributed by atoms with Crippen LogP contribution in [0.3, 0.4) is 0 Å². The van der Waals surface area contributed by atoms with Crippen molar-refractivity contribution in [3.63, 3.8) is 0 Å². The number of hydrogen-bond donors (Lipinski definition) is 1. The van der Waals surface area contributed by atoms with Crippen LogP contribution < -0.4 is 5.32 Å². The van der Waals surface area contributed by atoms with Gasteiger partial charge in [-0.15, -0.1) is 0 Å². The van der Waals surface area contributed by atoms with Crippen molar-refractivity contribution in [2.24, 2.45) is 5.92 Å². The van der Waals surface area contributed by atoms with Gasteiger partial charge in [0.2, 0.25) is 0 Å². The molecular formula is C13H24N2O. The first-order chi connectivity index (χ1) is 7.93. The Bertz CT molecular complexity index is 228. The molecule has 0 aromatic heterocycles. The summed E-state index contributed by atoms with van der Waals surface area (Å²) < 4.78 is 5.41. The molecule has 3 aliphatic rings. The Labute approximate surface area is 98.5 Å². The molecule has 0 radical (unpaired) electrons. The number of nitrogens with zero attached hydrogens (tertiary/aromatic N) is 1. The molecule has 0 aromatic rings. The Hall–Kier alpha value is -0.120. The molecule has 3 rings (SSSR count). The lowest BCUT2D eigenvalue weighted by atomic mass is 10.0. The lowest BCUT2D eigenvalue weighted by molar-refractivity contribution is 0.183. The molecule has 0 saturated carbocycles. The van der Waals surface area contributed by atoms with Crippen LogP contribution in [0.4, 0.5) is 0 Å². The van der Waals surface area contributed by atoms with Gasteiger partial charge in [-0.2, -0.15) is 0 Å². The quantitative estimate of drug-likeness (QED) is 0.777. The van der Waals surface area contributed by atoms with Crippen molar-refractivity contribution in [1.82, 2.24) is 10.2 Å². The summed E-state index contributed by atoms with van der Waals surface area (Å²) in [6, 6.07) is 1.64. The van der Waals surface area contributed by atoms with Crippen LogP contribution in [0.25, 0.3) is 0 Å². The van der Waals surface area contributed by atoms with Crippen LogP contribution in [0.1, 0.15) is 32.1 Å². The zero-order valence-electron chi connectivity index (χ0n) is 10.2. The first-order valence-corrected chi connectivity index (χ1v) is 6.98. The fraction of sp³-hybridized carbons (Fsp3) is 1.00. The number of fused-ring (bicyclic) bond motifs is 1. The summed E-state index contributed by atoms with van der Waals surface area (Å²) in [4.78, 5) is 2.68. The number of ether oxygens (including phenoxy) is 1. The van der Waals surface area contributed by atoms with Crippen LogP contribution in [0.15, 0.2) is 0 Å². The van der Waals surface area contributed by atoms with Gasteiger partial charge in [-0.05, 0) is 51.1 Å². The molecule has 3 heterocycles. The highest BCUT2D eigenvalue weighted by atomic mass is 16.5.